The number of hydrogen-bond donors (Lipinski definition) is 5. The minimum atomic E-state index is -1.61. The summed E-state index contributed by atoms with van der Waals surface area (Å²) in [7, 11) is 0. The van der Waals surface area contributed by atoms with Gasteiger partial charge in [0.2, 0.25) is 0 Å². The molecule has 0 radical (unpaired) electrons. The Kier molecular flexibility index (Phi) is 13.4. The SMILES string of the molecule is Cc1cc(C(=O)N[C@@H](CN[C@@H](CNCc2ccccc2Cl)C(=O)Oc2cccc(C=C(C#N)C(=O)NC(C)(C)C)c2)[C@@H](O)C=O)no1. The number of amides is 2. The number of aryl methyl sites for hydroxylation is 1. The number of esters is 1. The highest BCUT2D eigenvalue weighted by molar-refractivity contribution is 6.31. The summed E-state index contributed by atoms with van der Waals surface area (Å²) in [6.07, 6.45) is 0.0319. The number of nitriles is 1. The minimum absolute atomic E-state index is 0.0234. The first-order chi connectivity index (χ1) is 22.3. The van der Waals surface area contributed by atoms with Crippen molar-refractivity contribution in [2.24, 2.45) is 0 Å². The van der Waals surface area contributed by atoms with E-state index in [0.29, 0.717) is 22.9 Å². The van der Waals surface area contributed by atoms with E-state index in [1.165, 1.54) is 24.3 Å². The van der Waals surface area contributed by atoms with Crippen molar-refractivity contribution in [1.82, 2.24) is 26.4 Å². The van der Waals surface area contributed by atoms with Gasteiger partial charge in [-0.1, -0.05) is 47.1 Å². The van der Waals surface area contributed by atoms with Crippen LogP contribution in [0.1, 0.15) is 48.1 Å². The average Bonchev–Trinajstić information content (AvgIpc) is 3.46. The number of ether oxygens (including phenoxy) is 1. The molecule has 0 saturated heterocycles. The number of aliphatic hydroxyl groups is 1. The van der Waals surface area contributed by atoms with Gasteiger partial charge in [-0.15, -0.1) is 0 Å². The van der Waals surface area contributed by atoms with Crippen molar-refractivity contribution in [3.05, 3.63) is 87.8 Å². The van der Waals surface area contributed by atoms with Crippen LogP contribution in [-0.2, 0) is 20.9 Å². The topological polar surface area (TPSA) is 196 Å². The number of nitrogens with one attached hydrogen (secondary N) is 4. The van der Waals surface area contributed by atoms with Crippen LogP contribution >= 0.6 is 11.6 Å². The van der Waals surface area contributed by atoms with Crippen molar-refractivity contribution >= 4 is 41.7 Å². The van der Waals surface area contributed by atoms with Crippen LogP contribution in [0.25, 0.3) is 6.08 Å². The number of halogens is 1. The smallest absolute Gasteiger partial charge is 0.329 e. The maximum atomic E-state index is 13.5. The van der Waals surface area contributed by atoms with Gasteiger partial charge in [0.25, 0.3) is 11.8 Å². The van der Waals surface area contributed by atoms with Gasteiger partial charge in [0, 0.05) is 36.3 Å². The first kappa shape index (κ1) is 36.6. The van der Waals surface area contributed by atoms with Gasteiger partial charge < -0.3 is 40.4 Å². The molecule has 0 spiro atoms. The lowest BCUT2D eigenvalue weighted by Crippen LogP contribution is -2.55. The number of benzene rings is 2. The van der Waals surface area contributed by atoms with Gasteiger partial charge in [-0.2, -0.15) is 5.26 Å². The predicted molar refractivity (Wildman–Crippen MR) is 173 cm³/mol. The Labute approximate surface area is 277 Å². The Morgan fingerprint density at radius 3 is 2.51 bits per heavy atom. The van der Waals surface area contributed by atoms with Crippen LogP contribution in [0.15, 0.2) is 64.7 Å². The molecule has 0 aliphatic rings. The van der Waals surface area contributed by atoms with Gasteiger partial charge in [0.1, 0.15) is 35.3 Å². The fourth-order valence-electron chi connectivity index (χ4n) is 4.15. The zero-order chi connectivity index (χ0) is 34.6. The summed E-state index contributed by atoms with van der Waals surface area (Å²) in [6, 6.07) is 14.5. The molecule has 1 heterocycles. The third-order valence-electron chi connectivity index (χ3n) is 6.46. The second-order valence-electron chi connectivity index (χ2n) is 11.6. The Hall–Kier alpha value is -4.87. The van der Waals surface area contributed by atoms with Crippen LogP contribution in [0.4, 0.5) is 0 Å². The fourth-order valence-corrected chi connectivity index (χ4v) is 4.35. The molecule has 0 fully saturated rings. The van der Waals surface area contributed by atoms with Crippen LogP contribution in [0, 0.1) is 18.3 Å². The van der Waals surface area contributed by atoms with Crippen LogP contribution in [0.3, 0.4) is 0 Å². The maximum Gasteiger partial charge on any atom is 0.329 e. The molecule has 0 saturated carbocycles. The van der Waals surface area contributed by atoms with E-state index < -0.39 is 41.5 Å². The number of nitrogens with zero attached hydrogens (tertiary/aromatic N) is 2. The maximum absolute atomic E-state index is 13.5. The molecule has 0 aliphatic heterocycles. The number of aldehydes is 1. The molecule has 0 unspecified atom stereocenters. The Bertz CT molecular complexity index is 1640. The van der Waals surface area contributed by atoms with Crippen molar-refractivity contribution in [2.75, 3.05) is 13.1 Å². The molecule has 1 aromatic heterocycles. The van der Waals surface area contributed by atoms with Gasteiger partial charge in [-0.25, -0.2) is 4.79 Å². The molecular weight excluding hydrogens is 628 g/mol. The Morgan fingerprint density at radius 1 is 1.13 bits per heavy atom. The lowest BCUT2D eigenvalue weighted by atomic mass is 10.1. The molecule has 248 valence electrons. The second-order valence-corrected chi connectivity index (χ2v) is 12.0. The van der Waals surface area contributed by atoms with Gasteiger partial charge >= 0.3 is 5.97 Å². The highest BCUT2D eigenvalue weighted by Crippen LogP contribution is 2.18. The number of hydrogen-bond acceptors (Lipinski definition) is 11. The normalized spacial score (nSPS) is 13.5. The number of carbonyl (C=O) groups is 4. The molecule has 0 bridgehead atoms. The van der Waals surface area contributed by atoms with E-state index in [2.05, 4.69) is 26.4 Å². The van der Waals surface area contributed by atoms with Crippen molar-refractivity contribution in [2.45, 2.75) is 58.0 Å². The number of carbonyl (C=O) groups excluding carboxylic acids is 4. The molecule has 0 aliphatic carbocycles. The van der Waals surface area contributed by atoms with E-state index in [1.54, 1.807) is 52.0 Å². The number of rotatable bonds is 15. The first-order valence-electron chi connectivity index (χ1n) is 14.6. The summed E-state index contributed by atoms with van der Waals surface area (Å²) < 4.78 is 10.6. The van der Waals surface area contributed by atoms with Crippen molar-refractivity contribution in [3.63, 3.8) is 0 Å². The van der Waals surface area contributed by atoms with E-state index in [0.717, 1.165) is 5.56 Å². The van der Waals surface area contributed by atoms with Crippen molar-refractivity contribution in [3.8, 4) is 11.8 Å². The van der Waals surface area contributed by atoms with Crippen molar-refractivity contribution in [1.29, 1.82) is 5.26 Å². The summed E-state index contributed by atoms with van der Waals surface area (Å²) in [5, 5.41) is 35.4. The predicted octanol–water partition coefficient (Wildman–Crippen LogP) is 2.47. The minimum Gasteiger partial charge on any atom is -0.425 e. The second kappa shape index (κ2) is 17.2. The lowest BCUT2D eigenvalue weighted by Gasteiger charge is -2.24. The standard InChI is InChI=1S/C33H37ClN6O7/c1-20-12-26(40-47-20)31(44)38-27(29(42)19-41)18-37-28(17-36-16-22-9-5-6-11-25(22)34)32(45)46-24-10-7-8-21(14-24)13-23(15-35)30(43)39-33(2,3)4/h5-14,19,27-29,36-37,42H,16-18H2,1-4H3,(H,38,44)(H,39,43)/t27-,28-,29-/m0/s1. The quantitative estimate of drug-likeness (QED) is 0.0526. The van der Waals surface area contributed by atoms with Crippen LogP contribution in [0.5, 0.6) is 5.75 Å². The molecule has 2 aromatic carbocycles. The molecule has 3 aromatic rings. The van der Waals surface area contributed by atoms with Gasteiger partial charge in [0.05, 0.1) is 6.04 Å². The molecule has 13 nitrogen and oxygen atoms in total. The van der Waals surface area contributed by atoms with Gasteiger partial charge in [-0.05, 0) is 63.1 Å². The zero-order valence-electron chi connectivity index (χ0n) is 26.4. The summed E-state index contributed by atoms with van der Waals surface area (Å²) in [4.78, 5) is 50.1. The van der Waals surface area contributed by atoms with Crippen LogP contribution < -0.4 is 26.0 Å². The molecule has 2 amide bonds. The summed E-state index contributed by atoms with van der Waals surface area (Å²) in [5.41, 5.74) is 0.498. The molecule has 14 heteroatoms. The summed E-state index contributed by atoms with van der Waals surface area (Å²) in [6.45, 7) is 7.10. The average molecular weight is 665 g/mol. The fraction of sp³-hybridized carbons (Fsp3) is 0.333. The van der Waals surface area contributed by atoms with E-state index in [4.69, 9.17) is 20.9 Å². The summed E-state index contributed by atoms with van der Waals surface area (Å²) in [5.74, 6) is -1.45. The first-order valence-corrected chi connectivity index (χ1v) is 15.0. The monoisotopic (exact) mass is 664 g/mol. The van der Waals surface area contributed by atoms with E-state index in [1.807, 2.05) is 18.2 Å². The van der Waals surface area contributed by atoms with Crippen LogP contribution in [0.2, 0.25) is 5.02 Å². The molecule has 3 atom stereocenters. The third kappa shape index (κ3) is 11.8. The third-order valence-corrected chi connectivity index (χ3v) is 6.83. The molecule has 3 rings (SSSR count). The highest BCUT2D eigenvalue weighted by atomic mass is 35.5. The summed E-state index contributed by atoms with van der Waals surface area (Å²) >= 11 is 6.27. The Balaban J connectivity index is 1.78. The highest BCUT2D eigenvalue weighted by Gasteiger charge is 2.27. The van der Waals surface area contributed by atoms with Crippen LogP contribution in [-0.4, -0.2) is 71.1 Å². The molecule has 5 N–H and O–H groups in total. The molecular formula is C33H37ClN6O7. The number of aliphatic hydroxyl groups excluding tert-OH is 1. The van der Waals surface area contributed by atoms with Gasteiger partial charge in [-0.3, -0.25) is 9.59 Å². The number of aromatic nitrogens is 1. The largest absolute Gasteiger partial charge is 0.425 e. The van der Waals surface area contributed by atoms with Crippen molar-refractivity contribution < 1.29 is 33.5 Å². The van der Waals surface area contributed by atoms with E-state index >= 15 is 0 Å². The van der Waals surface area contributed by atoms with Gasteiger partial charge in [0.15, 0.2) is 12.0 Å². The Morgan fingerprint density at radius 2 is 1.87 bits per heavy atom. The lowest BCUT2D eigenvalue weighted by molar-refractivity contribution is -0.136. The zero-order valence-corrected chi connectivity index (χ0v) is 27.1. The van der Waals surface area contributed by atoms with E-state index in [-0.39, 0.29) is 36.4 Å². The molecule has 47 heavy (non-hydrogen) atoms. The van der Waals surface area contributed by atoms with E-state index in [9.17, 15) is 29.5 Å².